The van der Waals surface area contributed by atoms with Crippen molar-refractivity contribution in [3.8, 4) is 5.75 Å². The Labute approximate surface area is 116 Å². The van der Waals surface area contributed by atoms with Crippen molar-refractivity contribution in [3.05, 3.63) is 60.2 Å². The minimum Gasteiger partial charge on any atom is -0.481 e. The number of pyridine rings is 1. The van der Waals surface area contributed by atoms with Crippen molar-refractivity contribution < 1.29 is 13.9 Å². The van der Waals surface area contributed by atoms with Crippen LogP contribution < -0.4 is 10.1 Å². The predicted molar refractivity (Wildman–Crippen MR) is 72.6 cm³/mol. The lowest BCUT2D eigenvalue weighted by atomic mass is 10.2. The number of benzene rings is 1. The Kier molecular flexibility index (Phi) is 4.65. The molecule has 4 nitrogen and oxygen atoms in total. The summed E-state index contributed by atoms with van der Waals surface area (Å²) in [5.41, 5.74) is 0.902. The van der Waals surface area contributed by atoms with E-state index in [2.05, 4.69) is 10.3 Å². The van der Waals surface area contributed by atoms with Gasteiger partial charge in [-0.2, -0.15) is 0 Å². The number of aromatic nitrogens is 1. The van der Waals surface area contributed by atoms with Gasteiger partial charge in [0.1, 0.15) is 11.6 Å². The number of amides is 1. The lowest BCUT2D eigenvalue weighted by molar-refractivity contribution is -0.127. The molecule has 0 saturated carbocycles. The highest BCUT2D eigenvalue weighted by molar-refractivity contribution is 5.80. The highest BCUT2D eigenvalue weighted by atomic mass is 19.1. The fraction of sp³-hybridized carbons (Fsp3) is 0.200. The molecule has 1 atom stereocenters. The molecule has 5 heteroatoms. The van der Waals surface area contributed by atoms with Gasteiger partial charge in [0.25, 0.3) is 5.91 Å². The summed E-state index contributed by atoms with van der Waals surface area (Å²) < 4.78 is 18.4. The summed E-state index contributed by atoms with van der Waals surface area (Å²) in [5.74, 6) is -0.336. The number of nitrogens with zero attached hydrogens (tertiary/aromatic N) is 1. The average Bonchev–Trinajstić information content (AvgIpc) is 2.46. The Bertz CT molecular complexity index is 575. The second-order valence-corrected chi connectivity index (χ2v) is 4.30. The minimum atomic E-state index is -0.700. The van der Waals surface area contributed by atoms with Gasteiger partial charge in [-0.05, 0) is 30.7 Å². The zero-order chi connectivity index (χ0) is 14.4. The van der Waals surface area contributed by atoms with Gasteiger partial charge in [-0.25, -0.2) is 4.39 Å². The maximum Gasteiger partial charge on any atom is 0.261 e. The summed E-state index contributed by atoms with van der Waals surface area (Å²) in [4.78, 5) is 15.8. The molecule has 0 aliphatic rings. The van der Waals surface area contributed by atoms with Gasteiger partial charge in [0.05, 0.1) is 0 Å². The van der Waals surface area contributed by atoms with Crippen LogP contribution in [0.5, 0.6) is 5.75 Å². The summed E-state index contributed by atoms with van der Waals surface area (Å²) in [6.45, 7) is 1.99. The maximum atomic E-state index is 13.0. The van der Waals surface area contributed by atoms with Crippen LogP contribution >= 0.6 is 0 Å². The third kappa shape index (κ3) is 4.05. The van der Waals surface area contributed by atoms with Gasteiger partial charge in [0.2, 0.25) is 0 Å². The fourth-order valence-electron chi connectivity index (χ4n) is 1.63. The van der Waals surface area contributed by atoms with Crippen LogP contribution in [0, 0.1) is 5.82 Å². The minimum absolute atomic E-state index is 0.266. The van der Waals surface area contributed by atoms with E-state index in [9.17, 15) is 9.18 Å². The average molecular weight is 274 g/mol. The Morgan fingerprint density at radius 1 is 1.40 bits per heavy atom. The fourth-order valence-corrected chi connectivity index (χ4v) is 1.63. The Morgan fingerprint density at radius 2 is 2.25 bits per heavy atom. The maximum absolute atomic E-state index is 13.0. The number of carbonyl (C=O) groups excluding carboxylic acids is 1. The van der Waals surface area contributed by atoms with E-state index in [1.807, 2.05) is 6.07 Å². The van der Waals surface area contributed by atoms with Crippen LogP contribution in [0.3, 0.4) is 0 Å². The van der Waals surface area contributed by atoms with Crippen molar-refractivity contribution in [3.63, 3.8) is 0 Å². The molecule has 1 amide bonds. The second kappa shape index (κ2) is 6.65. The normalized spacial score (nSPS) is 11.7. The summed E-state index contributed by atoms with van der Waals surface area (Å²) in [6.07, 6.45) is 2.65. The van der Waals surface area contributed by atoms with Crippen molar-refractivity contribution in [2.45, 2.75) is 19.6 Å². The first kappa shape index (κ1) is 14.0. The number of ether oxygens (including phenoxy) is 1. The van der Waals surface area contributed by atoms with Gasteiger partial charge in [0.15, 0.2) is 6.10 Å². The number of hydrogen-bond donors (Lipinski definition) is 1. The monoisotopic (exact) mass is 274 g/mol. The van der Waals surface area contributed by atoms with Crippen LogP contribution in [0.2, 0.25) is 0 Å². The smallest absolute Gasteiger partial charge is 0.261 e. The Morgan fingerprint density at radius 3 is 2.95 bits per heavy atom. The van der Waals surface area contributed by atoms with E-state index < -0.39 is 11.9 Å². The molecule has 0 bridgehead atoms. The Hall–Kier alpha value is -2.43. The van der Waals surface area contributed by atoms with Crippen LogP contribution in [-0.2, 0) is 11.3 Å². The number of hydrogen-bond acceptors (Lipinski definition) is 3. The van der Waals surface area contributed by atoms with E-state index in [1.54, 1.807) is 31.5 Å². The molecule has 1 heterocycles. The van der Waals surface area contributed by atoms with E-state index in [1.165, 1.54) is 18.2 Å². The van der Waals surface area contributed by atoms with Gasteiger partial charge in [-0.3, -0.25) is 9.78 Å². The molecule has 0 aliphatic carbocycles. The van der Waals surface area contributed by atoms with Crippen molar-refractivity contribution in [1.82, 2.24) is 10.3 Å². The van der Waals surface area contributed by atoms with Crippen molar-refractivity contribution >= 4 is 5.91 Å². The largest absolute Gasteiger partial charge is 0.481 e. The first-order valence-corrected chi connectivity index (χ1v) is 6.24. The molecule has 1 aromatic carbocycles. The van der Waals surface area contributed by atoms with Crippen LogP contribution in [0.4, 0.5) is 4.39 Å². The number of nitrogens with one attached hydrogen (secondary N) is 1. The summed E-state index contributed by atoms with van der Waals surface area (Å²) in [5, 5.41) is 2.74. The molecule has 0 fully saturated rings. The first-order valence-electron chi connectivity index (χ1n) is 6.24. The van der Waals surface area contributed by atoms with E-state index in [0.29, 0.717) is 12.3 Å². The van der Waals surface area contributed by atoms with Gasteiger partial charge in [-0.15, -0.1) is 0 Å². The molecule has 1 unspecified atom stereocenters. The topological polar surface area (TPSA) is 51.2 Å². The van der Waals surface area contributed by atoms with Crippen LogP contribution in [-0.4, -0.2) is 17.0 Å². The second-order valence-electron chi connectivity index (χ2n) is 4.30. The van der Waals surface area contributed by atoms with Gasteiger partial charge >= 0.3 is 0 Å². The molecule has 20 heavy (non-hydrogen) atoms. The van der Waals surface area contributed by atoms with Crippen LogP contribution in [0.25, 0.3) is 0 Å². The van der Waals surface area contributed by atoms with E-state index in [0.717, 1.165) is 5.56 Å². The standard InChI is InChI=1S/C15H15FN2O2/c1-11(20-14-6-2-5-13(16)8-14)15(19)18-10-12-4-3-7-17-9-12/h2-9,11H,10H2,1H3,(H,18,19). The molecule has 1 N–H and O–H groups in total. The zero-order valence-electron chi connectivity index (χ0n) is 11.0. The van der Waals surface area contributed by atoms with Gasteiger partial charge < -0.3 is 10.1 Å². The highest BCUT2D eigenvalue weighted by Crippen LogP contribution is 2.13. The molecule has 0 saturated heterocycles. The lowest BCUT2D eigenvalue weighted by Crippen LogP contribution is -2.35. The number of rotatable bonds is 5. The molecule has 2 rings (SSSR count). The SMILES string of the molecule is CC(Oc1cccc(F)c1)C(=O)NCc1cccnc1. The van der Waals surface area contributed by atoms with Crippen LogP contribution in [0.15, 0.2) is 48.8 Å². The van der Waals surface area contributed by atoms with Crippen molar-refractivity contribution in [2.75, 3.05) is 0 Å². The van der Waals surface area contributed by atoms with Crippen LogP contribution in [0.1, 0.15) is 12.5 Å². The predicted octanol–water partition coefficient (Wildman–Crippen LogP) is 2.30. The number of halogens is 1. The molecule has 0 spiro atoms. The summed E-state index contributed by atoms with van der Waals surface area (Å²) in [7, 11) is 0. The molecule has 1 aromatic heterocycles. The van der Waals surface area contributed by atoms with E-state index in [4.69, 9.17) is 4.74 Å². The van der Waals surface area contributed by atoms with Crippen molar-refractivity contribution in [1.29, 1.82) is 0 Å². The van der Waals surface area contributed by atoms with Gasteiger partial charge in [-0.1, -0.05) is 12.1 Å². The van der Waals surface area contributed by atoms with Crippen molar-refractivity contribution in [2.24, 2.45) is 0 Å². The van der Waals surface area contributed by atoms with E-state index in [-0.39, 0.29) is 5.91 Å². The first-order chi connectivity index (χ1) is 9.65. The third-order valence-electron chi connectivity index (χ3n) is 2.67. The Balaban J connectivity index is 1.86. The summed E-state index contributed by atoms with van der Waals surface area (Å²) in [6, 6.07) is 9.36. The third-order valence-corrected chi connectivity index (χ3v) is 2.67. The molecule has 104 valence electrons. The molecule has 2 aromatic rings. The quantitative estimate of drug-likeness (QED) is 0.910. The molecular weight excluding hydrogens is 259 g/mol. The molecular formula is C15H15FN2O2. The molecule has 0 aliphatic heterocycles. The van der Waals surface area contributed by atoms with E-state index >= 15 is 0 Å². The zero-order valence-corrected chi connectivity index (χ0v) is 11.0. The number of carbonyl (C=O) groups is 1. The molecule has 0 radical (unpaired) electrons. The highest BCUT2D eigenvalue weighted by Gasteiger charge is 2.14. The summed E-state index contributed by atoms with van der Waals surface area (Å²) >= 11 is 0. The lowest BCUT2D eigenvalue weighted by Gasteiger charge is -2.14. The van der Waals surface area contributed by atoms with Gasteiger partial charge in [0, 0.05) is 25.0 Å².